The molecule has 0 aliphatic rings. The van der Waals surface area contributed by atoms with Crippen molar-refractivity contribution in [1.82, 2.24) is 9.99 Å². The molecule has 0 spiro atoms. The Morgan fingerprint density at radius 1 is 0.949 bits per heavy atom. The monoisotopic (exact) mass is 542 g/mol. The Kier molecular flexibility index (Phi) is 8.35. The van der Waals surface area contributed by atoms with Crippen LogP contribution in [0.4, 0.5) is 5.69 Å². The lowest BCUT2D eigenvalue weighted by molar-refractivity contribution is -0.119. The van der Waals surface area contributed by atoms with Crippen LogP contribution >= 0.6 is 0 Å². The van der Waals surface area contributed by atoms with Crippen LogP contribution in [-0.2, 0) is 14.8 Å². The molecule has 0 aliphatic carbocycles. The molecule has 0 saturated heterocycles. The third kappa shape index (κ3) is 6.29. The van der Waals surface area contributed by atoms with E-state index in [0.29, 0.717) is 11.6 Å². The molecular formula is C31H34N4O3S. The fourth-order valence-corrected chi connectivity index (χ4v) is 5.85. The van der Waals surface area contributed by atoms with Crippen LogP contribution < -0.4 is 9.73 Å². The Morgan fingerprint density at radius 3 is 2.21 bits per heavy atom. The van der Waals surface area contributed by atoms with Crippen molar-refractivity contribution in [2.45, 2.75) is 45.4 Å². The molecule has 4 rings (SSSR count). The van der Waals surface area contributed by atoms with Gasteiger partial charge in [0, 0.05) is 22.6 Å². The van der Waals surface area contributed by atoms with Crippen LogP contribution in [0.1, 0.15) is 47.8 Å². The van der Waals surface area contributed by atoms with Gasteiger partial charge in [-0.3, -0.25) is 9.10 Å². The molecular weight excluding hydrogens is 508 g/mol. The van der Waals surface area contributed by atoms with Crippen molar-refractivity contribution in [3.8, 4) is 5.69 Å². The number of sulfonamides is 1. The molecule has 0 aliphatic heterocycles. The molecule has 1 aromatic heterocycles. The summed E-state index contributed by atoms with van der Waals surface area (Å²) in [5.74, 6) is -0.255. The van der Waals surface area contributed by atoms with Gasteiger partial charge >= 0.3 is 0 Å². The van der Waals surface area contributed by atoms with Crippen LogP contribution in [0, 0.1) is 20.8 Å². The number of hydrogen-bond donors (Lipinski definition) is 1. The minimum atomic E-state index is -3.98. The standard InChI is InChI=1S/C31H34N4O3S/c1-22(2)26-13-17-28(18-14-26)34(39(37,38)30-9-7-6-8-10-30)21-31(36)33-32-20-27-19-24(4)35(25(27)5)29-15-11-23(3)12-16-29/h6-20,22H,21H2,1-5H3,(H,33,36)/b32-20+. The lowest BCUT2D eigenvalue weighted by Gasteiger charge is -2.24. The van der Waals surface area contributed by atoms with E-state index in [1.54, 1.807) is 36.5 Å². The Labute approximate surface area is 230 Å². The number of aryl methyl sites for hydroxylation is 2. The lowest BCUT2D eigenvalue weighted by atomic mass is 10.0. The van der Waals surface area contributed by atoms with Crippen molar-refractivity contribution >= 4 is 27.8 Å². The first-order chi connectivity index (χ1) is 18.6. The molecule has 8 heteroatoms. The summed E-state index contributed by atoms with van der Waals surface area (Å²) in [7, 11) is -3.98. The highest BCUT2D eigenvalue weighted by molar-refractivity contribution is 7.92. The number of nitrogens with zero attached hydrogens (tertiary/aromatic N) is 3. The predicted molar refractivity (Wildman–Crippen MR) is 157 cm³/mol. The molecule has 1 N–H and O–H groups in total. The first-order valence-corrected chi connectivity index (χ1v) is 14.3. The number of benzene rings is 3. The smallest absolute Gasteiger partial charge is 0.264 e. The van der Waals surface area contributed by atoms with Gasteiger partial charge in [0.1, 0.15) is 6.54 Å². The highest BCUT2D eigenvalue weighted by atomic mass is 32.2. The molecule has 202 valence electrons. The number of anilines is 1. The minimum Gasteiger partial charge on any atom is -0.318 e. The van der Waals surface area contributed by atoms with E-state index in [9.17, 15) is 13.2 Å². The number of rotatable bonds is 9. The molecule has 1 amide bonds. The normalized spacial score (nSPS) is 11.7. The van der Waals surface area contributed by atoms with Crippen molar-refractivity contribution < 1.29 is 13.2 Å². The van der Waals surface area contributed by atoms with Crippen molar-refractivity contribution in [1.29, 1.82) is 0 Å². The molecule has 1 heterocycles. The van der Waals surface area contributed by atoms with Gasteiger partial charge in [0.05, 0.1) is 16.8 Å². The van der Waals surface area contributed by atoms with Gasteiger partial charge in [-0.05, 0) is 74.7 Å². The zero-order valence-electron chi connectivity index (χ0n) is 22.9. The summed E-state index contributed by atoms with van der Waals surface area (Å²) in [6.45, 7) is 9.77. The highest BCUT2D eigenvalue weighted by Gasteiger charge is 2.27. The van der Waals surface area contributed by atoms with E-state index in [1.165, 1.54) is 17.7 Å². The van der Waals surface area contributed by atoms with Gasteiger partial charge in [-0.1, -0.05) is 61.9 Å². The molecule has 0 atom stereocenters. The second kappa shape index (κ2) is 11.7. The topological polar surface area (TPSA) is 83.8 Å². The van der Waals surface area contributed by atoms with Crippen LogP contribution in [0.3, 0.4) is 0 Å². The molecule has 0 unspecified atom stereocenters. The number of hydrogen-bond acceptors (Lipinski definition) is 4. The van der Waals surface area contributed by atoms with Gasteiger partial charge in [-0.25, -0.2) is 13.8 Å². The molecule has 0 bridgehead atoms. The third-order valence-electron chi connectivity index (χ3n) is 6.62. The SMILES string of the molecule is Cc1ccc(-n2c(C)cc(/C=N/NC(=O)CN(c3ccc(C(C)C)cc3)S(=O)(=O)c3ccccc3)c2C)cc1. The summed E-state index contributed by atoms with van der Waals surface area (Å²) < 4.78 is 30.3. The van der Waals surface area contributed by atoms with E-state index in [0.717, 1.165) is 32.5 Å². The fraction of sp³-hybridized carbons (Fsp3) is 0.226. The Morgan fingerprint density at radius 2 is 1.59 bits per heavy atom. The number of carbonyl (C=O) groups is 1. The van der Waals surface area contributed by atoms with E-state index in [2.05, 4.69) is 53.2 Å². The highest BCUT2D eigenvalue weighted by Crippen LogP contribution is 2.26. The van der Waals surface area contributed by atoms with E-state index < -0.39 is 22.5 Å². The number of carbonyl (C=O) groups excluding carboxylic acids is 1. The van der Waals surface area contributed by atoms with Crippen molar-refractivity contribution in [3.05, 3.63) is 113 Å². The first kappa shape index (κ1) is 27.9. The summed E-state index contributed by atoms with van der Waals surface area (Å²) in [5.41, 5.74) is 9.09. The van der Waals surface area contributed by atoms with Crippen LogP contribution in [-0.4, -0.2) is 31.7 Å². The Balaban J connectivity index is 1.55. The molecule has 7 nitrogen and oxygen atoms in total. The summed E-state index contributed by atoms with van der Waals surface area (Å²) in [6.07, 6.45) is 1.58. The largest absolute Gasteiger partial charge is 0.318 e. The van der Waals surface area contributed by atoms with Crippen LogP contribution in [0.2, 0.25) is 0 Å². The average molecular weight is 543 g/mol. The first-order valence-electron chi connectivity index (χ1n) is 12.8. The van der Waals surface area contributed by atoms with Crippen molar-refractivity contribution in [3.63, 3.8) is 0 Å². The molecule has 0 saturated carbocycles. The maximum atomic E-state index is 13.5. The van der Waals surface area contributed by atoms with Crippen LogP contribution in [0.25, 0.3) is 5.69 Å². The summed E-state index contributed by atoms with van der Waals surface area (Å²) >= 11 is 0. The van der Waals surface area contributed by atoms with Crippen LogP contribution in [0.15, 0.2) is 94.9 Å². The van der Waals surface area contributed by atoms with Gasteiger partial charge in [-0.2, -0.15) is 5.10 Å². The van der Waals surface area contributed by atoms with Crippen molar-refractivity contribution in [2.24, 2.45) is 5.10 Å². The van der Waals surface area contributed by atoms with E-state index in [-0.39, 0.29) is 4.90 Å². The molecule has 39 heavy (non-hydrogen) atoms. The molecule has 0 radical (unpaired) electrons. The Hall–Kier alpha value is -4.17. The quantitative estimate of drug-likeness (QED) is 0.212. The minimum absolute atomic E-state index is 0.109. The van der Waals surface area contributed by atoms with Gasteiger partial charge in [0.25, 0.3) is 15.9 Å². The van der Waals surface area contributed by atoms with E-state index >= 15 is 0 Å². The van der Waals surface area contributed by atoms with Gasteiger partial charge in [0.15, 0.2) is 0 Å². The molecule has 4 aromatic rings. The summed E-state index contributed by atoms with van der Waals surface area (Å²) in [6, 6.07) is 25.6. The predicted octanol–water partition coefficient (Wildman–Crippen LogP) is 5.87. The number of nitrogens with one attached hydrogen (secondary N) is 1. The number of hydrazone groups is 1. The van der Waals surface area contributed by atoms with E-state index in [1.807, 2.05) is 39.0 Å². The van der Waals surface area contributed by atoms with Crippen LogP contribution in [0.5, 0.6) is 0 Å². The Bertz CT molecular complexity index is 1570. The number of amides is 1. The van der Waals surface area contributed by atoms with Gasteiger partial charge < -0.3 is 4.57 Å². The zero-order valence-corrected chi connectivity index (χ0v) is 23.7. The van der Waals surface area contributed by atoms with Gasteiger partial charge in [-0.15, -0.1) is 0 Å². The average Bonchev–Trinajstić information content (AvgIpc) is 3.20. The van der Waals surface area contributed by atoms with E-state index in [4.69, 9.17) is 0 Å². The molecule has 0 fully saturated rings. The second-order valence-electron chi connectivity index (χ2n) is 9.86. The number of aromatic nitrogens is 1. The summed E-state index contributed by atoms with van der Waals surface area (Å²) in [4.78, 5) is 13.1. The third-order valence-corrected chi connectivity index (χ3v) is 8.41. The van der Waals surface area contributed by atoms with Gasteiger partial charge in [0.2, 0.25) is 0 Å². The fourth-order valence-electron chi connectivity index (χ4n) is 4.41. The maximum absolute atomic E-state index is 13.5. The lowest BCUT2D eigenvalue weighted by Crippen LogP contribution is -2.39. The zero-order chi connectivity index (χ0) is 28.2. The second-order valence-corrected chi connectivity index (χ2v) is 11.7. The maximum Gasteiger partial charge on any atom is 0.264 e. The van der Waals surface area contributed by atoms with Crippen molar-refractivity contribution in [2.75, 3.05) is 10.8 Å². The molecule has 3 aromatic carbocycles. The summed E-state index contributed by atoms with van der Waals surface area (Å²) in [5, 5.41) is 4.14.